The van der Waals surface area contributed by atoms with Crippen molar-refractivity contribution in [1.29, 1.82) is 0 Å². The largest absolute Gasteiger partial charge is 0.472 e. The maximum atomic E-state index is 13.0. The maximum absolute atomic E-state index is 13.0. The Morgan fingerprint density at radius 1 is 0.318 bits per heavy atom. The van der Waals surface area contributed by atoms with E-state index in [1.165, 1.54) is 141 Å². The number of aliphatic hydroxyl groups is 1. The first-order chi connectivity index (χ1) is 40.9. The molecule has 19 heteroatoms. The van der Waals surface area contributed by atoms with E-state index in [-0.39, 0.29) is 25.7 Å². The molecule has 0 amide bonds. The van der Waals surface area contributed by atoms with Gasteiger partial charge in [0.15, 0.2) is 12.2 Å². The Morgan fingerprint density at radius 3 is 0.800 bits per heavy atom. The molecule has 0 aromatic rings. The summed E-state index contributed by atoms with van der Waals surface area (Å²) < 4.78 is 67.9. The van der Waals surface area contributed by atoms with E-state index in [1.807, 2.05) is 0 Å². The molecule has 0 aromatic heterocycles. The van der Waals surface area contributed by atoms with E-state index in [0.29, 0.717) is 25.7 Å². The summed E-state index contributed by atoms with van der Waals surface area (Å²) >= 11 is 0. The molecule has 17 nitrogen and oxygen atoms in total. The molecule has 2 unspecified atom stereocenters. The lowest BCUT2D eigenvalue weighted by atomic mass is 10.0. The second-order valence-electron chi connectivity index (χ2n) is 24.8. The first-order valence-electron chi connectivity index (χ1n) is 34.5. The van der Waals surface area contributed by atoms with Crippen LogP contribution in [0.2, 0.25) is 0 Å². The van der Waals surface area contributed by atoms with E-state index in [2.05, 4.69) is 41.5 Å². The molecule has 0 aliphatic heterocycles. The minimum atomic E-state index is -4.95. The van der Waals surface area contributed by atoms with Gasteiger partial charge in [-0.1, -0.05) is 279 Å². The van der Waals surface area contributed by atoms with Crippen LogP contribution in [-0.2, 0) is 65.4 Å². The Hall–Kier alpha value is -1.94. The fourth-order valence-corrected chi connectivity index (χ4v) is 11.5. The molecule has 0 saturated carbocycles. The van der Waals surface area contributed by atoms with Gasteiger partial charge in [-0.05, 0) is 37.5 Å². The fraction of sp³-hybridized carbons (Fsp3) is 0.939. The third-order valence-electron chi connectivity index (χ3n) is 15.2. The third-order valence-corrected chi connectivity index (χ3v) is 17.1. The van der Waals surface area contributed by atoms with E-state index in [0.717, 1.165) is 108 Å². The average molecular weight is 1260 g/mol. The Labute approximate surface area is 517 Å². The van der Waals surface area contributed by atoms with Gasteiger partial charge < -0.3 is 33.8 Å². The second kappa shape index (κ2) is 58.4. The predicted molar refractivity (Wildman–Crippen MR) is 340 cm³/mol. The quantitative estimate of drug-likeness (QED) is 0.0222. The van der Waals surface area contributed by atoms with Crippen LogP contribution in [0, 0.1) is 11.8 Å². The van der Waals surface area contributed by atoms with Crippen LogP contribution in [0.15, 0.2) is 0 Å². The van der Waals surface area contributed by atoms with Gasteiger partial charge in [-0.2, -0.15) is 0 Å². The van der Waals surface area contributed by atoms with Crippen molar-refractivity contribution in [3.63, 3.8) is 0 Å². The van der Waals surface area contributed by atoms with Crippen molar-refractivity contribution in [2.45, 2.75) is 349 Å². The molecule has 0 spiro atoms. The van der Waals surface area contributed by atoms with Gasteiger partial charge in [0.05, 0.1) is 26.4 Å². The van der Waals surface area contributed by atoms with Crippen molar-refractivity contribution in [3.8, 4) is 0 Å². The SMILES string of the molecule is CCCCCCCCCCCCCCC(=O)O[C@H](COC(=O)CCCCCCC)COP(=O)(O)OC[C@H](O)COP(=O)(O)OC[C@@H](COC(=O)CCCCCCCCCCCCCC(C)C)OC(=O)CCCCCCCCCCCCCC(C)C. The first-order valence-corrected chi connectivity index (χ1v) is 37.5. The number of phosphoric ester groups is 2. The predicted octanol–water partition coefficient (Wildman–Crippen LogP) is 18.4. The summed E-state index contributed by atoms with van der Waals surface area (Å²) in [4.78, 5) is 72.1. The molecule has 0 fully saturated rings. The van der Waals surface area contributed by atoms with Gasteiger partial charge in [0, 0.05) is 25.7 Å². The average Bonchev–Trinajstić information content (AvgIpc) is 3.53. The summed E-state index contributed by atoms with van der Waals surface area (Å²) in [5, 5.41) is 10.5. The van der Waals surface area contributed by atoms with E-state index in [9.17, 15) is 43.2 Å². The normalized spacial score (nSPS) is 14.2. The third kappa shape index (κ3) is 60.7. The molecule has 0 radical (unpaired) electrons. The van der Waals surface area contributed by atoms with E-state index < -0.39 is 97.5 Å². The van der Waals surface area contributed by atoms with Crippen LogP contribution < -0.4 is 0 Å². The molecule has 0 aliphatic carbocycles. The highest BCUT2D eigenvalue weighted by atomic mass is 31.2. The van der Waals surface area contributed by atoms with Gasteiger partial charge in [0.1, 0.15) is 19.3 Å². The van der Waals surface area contributed by atoms with Gasteiger partial charge in [-0.3, -0.25) is 37.3 Å². The standard InChI is InChI=1S/C66H128O17P2/c1-7-9-11-13-14-15-16-21-27-32-38-44-50-65(70)82-61(54-76-63(68)48-42-34-12-10-8-2)56-80-84(72,73)78-52-60(67)53-79-85(74,75)81-57-62(83-66(71)51-45-39-33-28-23-18-20-25-30-36-41-47-59(5)6)55-77-64(69)49-43-37-31-26-22-17-19-24-29-35-40-46-58(3)4/h58-62,67H,7-57H2,1-6H3,(H,72,73)(H,74,75)/t60-,61+,62+/m0/s1. The van der Waals surface area contributed by atoms with Crippen molar-refractivity contribution in [2.24, 2.45) is 11.8 Å². The topological polar surface area (TPSA) is 237 Å². The number of hydrogen-bond acceptors (Lipinski definition) is 15. The van der Waals surface area contributed by atoms with Crippen LogP contribution in [0.3, 0.4) is 0 Å². The molecule has 3 N–H and O–H groups in total. The fourth-order valence-electron chi connectivity index (χ4n) is 9.88. The van der Waals surface area contributed by atoms with Crippen molar-refractivity contribution in [3.05, 3.63) is 0 Å². The van der Waals surface area contributed by atoms with Gasteiger partial charge >= 0.3 is 39.5 Å². The van der Waals surface area contributed by atoms with E-state index >= 15 is 0 Å². The molecule has 5 atom stereocenters. The van der Waals surface area contributed by atoms with Gasteiger partial charge in [0.25, 0.3) is 0 Å². The molecule has 0 saturated heterocycles. The molecule has 0 aliphatic rings. The number of hydrogen-bond donors (Lipinski definition) is 3. The molecule has 504 valence electrons. The molecular formula is C66H128O17P2. The number of rotatable bonds is 65. The molecule has 0 aromatic carbocycles. The minimum absolute atomic E-state index is 0.106. The van der Waals surface area contributed by atoms with Crippen LogP contribution in [0.25, 0.3) is 0 Å². The number of unbranched alkanes of at least 4 members (excludes halogenated alkanes) is 35. The van der Waals surface area contributed by atoms with Crippen molar-refractivity contribution < 1.29 is 80.2 Å². The van der Waals surface area contributed by atoms with Crippen molar-refractivity contribution in [2.75, 3.05) is 39.6 Å². The van der Waals surface area contributed by atoms with Crippen molar-refractivity contribution in [1.82, 2.24) is 0 Å². The number of carbonyl (C=O) groups excluding carboxylic acids is 4. The number of ether oxygens (including phenoxy) is 4. The first kappa shape index (κ1) is 83.1. The van der Waals surface area contributed by atoms with Crippen LogP contribution in [0.5, 0.6) is 0 Å². The summed E-state index contributed by atoms with van der Waals surface area (Å²) in [6, 6.07) is 0. The zero-order chi connectivity index (χ0) is 62.9. The van der Waals surface area contributed by atoms with Gasteiger partial charge in [-0.15, -0.1) is 0 Å². The van der Waals surface area contributed by atoms with Crippen molar-refractivity contribution >= 4 is 39.5 Å². The zero-order valence-electron chi connectivity index (χ0n) is 54.9. The summed E-state index contributed by atoms with van der Waals surface area (Å²) in [5.74, 6) is -0.603. The van der Waals surface area contributed by atoms with E-state index in [4.69, 9.17) is 37.0 Å². The molecular weight excluding hydrogens is 1130 g/mol. The lowest BCUT2D eigenvalue weighted by molar-refractivity contribution is -0.161. The Kier molecular flexibility index (Phi) is 57.1. The Balaban J connectivity index is 5.18. The van der Waals surface area contributed by atoms with Crippen LogP contribution in [0.4, 0.5) is 0 Å². The van der Waals surface area contributed by atoms with Crippen LogP contribution >= 0.6 is 15.6 Å². The monoisotopic (exact) mass is 1250 g/mol. The Bertz CT molecular complexity index is 1670. The van der Waals surface area contributed by atoms with Crippen LogP contribution in [0.1, 0.15) is 330 Å². The summed E-state index contributed by atoms with van der Waals surface area (Å²) in [5.41, 5.74) is 0. The second-order valence-corrected chi connectivity index (χ2v) is 27.7. The number of aliphatic hydroxyl groups excluding tert-OH is 1. The highest BCUT2D eigenvalue weighted by Gasteiger charge is 2.30. The van der Waals surface area contributed by atoms with Gasteiger partial charge in [0.2, 0.25) is 0 Å². The number of esters is 4. The molecule has 0 heterocycles. The summed E-state index contributed by atoms with van der Waals surface area (Å²) in [7, 11) is -9.88. The zero-order valence-corrected chi connectivity index (χ0v) is 56.7. The maximum Gasteiger partial charge on any atom is 0.472 e. The minimum Gasteiger partial charge on any atom is -0.462 e. The molecule has 0 bridgehead atoms. The Morgan fingerprint density at radius 2 is 0.541 bits per heavy atom. The van der Waals surface area contributed by atoms with E-state index in [1.54, 1.807) is 0 Å². The summed E-state index contributed by atoms with van der Waals surface area (Å²) in [6.07, 6.45) is 41.9. The molecule has 85 heavy (non-hydrogen) atoms. The smallest absolute Gasteiger partial charge is 0.462 e. The highest BCUT2D eigenvalue weighted by Crippen LogP contribution is 2.45. The number of phosphoric acid groups is 2. The van der Waals surface area contributed by atoms with Crippen LogP contribution in [-0.4, -0.2) is 96.7 Å². The van der Waals surface area contributed by atoms with Gasteiger partial charge in [-0.25, -0.2) is 9.13 Å². The number of carbonyl (C=O) groups is 4. The lowest BCUT2D eigenvalue weighted by Gasteiger charge is -2.21. The highest BCUT2D eigenvalue weighted by molar-refractivity contribution is 7.47. The molecule has 0 rings (SSSR count). The summed E-state index contributed by atoms with van der Waals surface area (Å²) in [6.45, 7) is 9.44. The lowest BCUT2D eigenvalue weighted by Crippen LogP contribution is -2.30.